The minimum Gasteiger partial charge on any atom is -0.490 e. The van der Waals surface area contributed by atoms with E-state index in [2.05, 4.69) is 11.4 Å². The molecule has 0 radical (unpaired) electrons. The molecular formula is C14H20N2O2. The van der Waals surface area contributed by atoms with Gasteiger partial charge in [0, 0.05) is 17.8 Å². The van der Waals surface area contributed by atoms with Crippen molar-refractivity contribution in [2.75, 3.05) is 18.5 Å². The molecule has 98 valence electrons. The monoisotopic (exact) mass is 248 g/mol. The molecule has 0 saturated carbocycles. The van der Waals surface area contributed by atoms with Crippen molar-refractivity contribution in [3.05, 3.63) is 18.2 Å². The molecule has 4 heteroatoms. The summed E-state index contributed by atoms with van der Waals surface area (Å²) in [5, 5.41) is 11.9. The normalized spacial score (nSPS) is 11.4. The Kier molecular flexibility index (Phi) is 5.86. The van der Waals surface area contributed by atoms with E-state index in [9.17, 15) is 0 Å². The Morgan fingerprint density at radius 3 is 2.50 bits per heavy atom. The summed E-state index contributed by atoms with van der Waals surface area (Å²) in [4.78, 5) is 0. The lowest BCUT2D eigenvalue weighted by Gasteiger charge is -2.15. The van der Waals surface area contributed by atoms with Gasteiger partial charge in [-0.2, -0.15) is 5.26 Å². The fourth-order valence-corrected chi connectivity index (χ4v) is 1.61. The molecule has 0 aliphatic carbocycles. The highest BCUT2D eigenvalue weighted by Crippen LogP contribution is 2.30. The Morgan fingerprint density at radius 2 is 1.89 bits per heavy atom. The quantitative estimate of drug-likeness (QED) is 0.805. The molecule has 1 aromatic rings. The van der Waals surface area contributed by atoms with Crippen molar-refractivity contribution in [2.24, 2.45) is 0 Å². The summed E-state index contributed by atoms with van der Waals surface area (Å²) < 4.78 is 11.0. The molecule has 1 atom stereocenters. The van der Waals surface area contributed by atoms with Crippen LogP contribution in [0.4, 0.5) is 5.69 Å². The first-order valence-corrected chi connectivity index (χ1v) is 6.24. The van der Waals surface area contributed by atoms with Crippen LogP contribution in [-0.2, 0) is 0 Å². The second-order valence-electron chi connectivity index (χ2n) is 3.94. The van der Waals surface area contributed by atoms with E-state index in [-0.39, 0.29) is 6.04 Å². The average molecular weight is 248 g/mol. The Hall–Kier alpha value is -1.89. The number of hydrogen-bond acceptors (Lipinski definition) is 4. The molecule has 0 fully saturated rings. The van der Waals surface area contributed by atoms with Gasteiger partial charge in [-0.05, 0) is 32.9 Å². The zero-order chi connectivity index (χ0) is 13.4. The number of anilines is 1. The number of nitrogens with zero attached hydrogens (tertiary/aromatic N) is 1. The summed E-state index contributed by atoms with van der Waals surface area (Å²) in [6, 6.07) is 7.98. The maximum Gasteiger partial charge on any atom is 0.163 e. The minimum absolute atomic E-state index is 0.113. The smallest absolute Gasteiger partial charge is 0.163 e. The van der Waals surface area contributed by atoms with E-state index in [4.69, 9.17) is 14.7 Å². The molecule has 0 amide bonds. The van der Waals surface area contributed by atoms with Crippen molar-refractivity contribution >= 4 is 5.69 Å². The van der Waals surface area contributed by atoms with Gasteiger partial charge in [0.1, 0.15) is 0 Å². The number of rotatable bonds is 7. The van der Waals surface area contributed by atoms with E-state index in [1.807, 2.05) is 39.0 Å². The van der Waals surface area contributed by atoms with Gasteiger partial charge in [0.15, 0.2) is 11.5 Å². The van der Waals surface area contributed by atoms with Crippen molar-refractivity contribution < 1.29 is 9.47 Å². The van der Waals surface area contributed by atoms with Crippen molar-refractivity contribution in [3.63, 3.8) is 0 Å². The molecule has 1 N–H and O–H groups in total. The standard InChI is InChI=1S/C14H20N2O2/c1-4-17-13-7-6-12(10-14(13)18-5-2)16-11(3)8-9-15/h6-7,10-11,16H,4-5,8H2,1-3H3. The van der Waals surface area contributed by atoms with Crippen LogP contribution in [0, 0.1) is 11.3 Å². The van der Waals surface area contributed by atoms with E-state index in [0.29, 0.717) is 19.6 Å². The molecule has 1 rings (SSSR count). The van der Waals surface area contributed by atoms with Crippen LogP contribution in [0.5, 0.6) is 11.5 Å². The number of nitrogens with one attached hydrogen (secondary N) is 1. The fourth-order valence-electron chi connectivity index (χ4n) is 1.61. The number of hydrogen-bond donors (Lipinski definition) is 1. The highest BCUT2D eigenvalue weighted by Gasteiger charge is 2.07. The first kappa shape index (κ1) is 14.2. The van der Waals surface area contributed by atoms with Crippen LogP contribution in [0.2, 0.25) is 0 Å². The zero-order valence-corrected chi connectivity index (χ0v) is 11.2. The minimum atomic E-state index is 0.113. The maximum absolute atomic E-state index is 8.63. The van der Waals surface area contributed by atoms with Gasteiger partial charge in [-0.15, -0.1) is 0 Å². The van der Waals surface area contributed by atoms with Crippen LogP contribution >= 0.6 is 0 Å². The molecule has 0 bridgehead atoms. The van der Waals surface area contributed by atoms with Gasteiger partial charge >= 0.3 is 0 Å². The van der Waals surface area contributed by atoms with Gasteiger partial charge in [-0.3, -0.25) is 0 Å². The van der Waals surface area contributed by atoms with Gasteiger partial charge in [0.25, 0.3) is 0 Å². The van der Waals surface area contributed by atoms with E-state index in [0.717, 1.165) is 17.2 Å². The lowest BCUT2D eigenvalue weighted by atomic mass is 10.2. The van der Waals surface area contributed by atoms with Crippen molar-refractivity contribution in [3.8, 4) is 17.6 Å². The Balaban J connectivity index is 2.82. The number of nitriles is 1. The summed E-state index contributed by atoms with van der Waals surface area (Å²) in [6.07, 6.45) is 0.469. The Morgan fingerprint density at radius 1 is 1.22 bits per heavy atom. The summed E-state index contributed by atoms with van der Waals surface area (Å²) in [5.74, 6) is 1.48. The lowest BCUT2D eigenvalue weighted by Crippen LogP contribution is -2.14. The highest BCUT2D eigenvalue weighted by molar-refractivity contribution is 5.55. The first-order chi connectivity index (χ1) is 8.71. The summed E-state index contributed by atoms with van der Waals surface area (Å²) in [6.45, 7) is 7.06. The van der Waals surface area contributed by atoms with Gasteiger partial charge in [-0.1, -0.05) is 0 Å². The SMILES string of the molecule is CCOc1ccc(NC(C)CC#N)cc1OCC. The molecule has 1 unspecified atom stereocenters. The third-order valence-electron chi connectivity index (χ3n) is 2.35. The molecular weight excluding hydrogens is 228 g/mol. The Bertz CT molecular complexity index is 413. The lowest BCUT2D eigenvalue weighted by molar-refractivity contribution is 0.288. The second kappa shape index (κ2) is 7.44. The van der Waals surface area contributed by atoms with Crippen LogP contribution in [0.15, 0.2) is 18.2 Å². The topological polar surface area (TPSA) is 54.3 Å². The predicted molar refractivity (Wildman–Crippen MR) is 72.1 cm³/mol. The molecule has 0 aromatic heterocycles. The molecule has 4 nitrogen and oxygen atoms in total. The molecule has 18 heavy (non-hydrogen) atoms. The van der Waals surface area contributed by atoms with Crippen molar-refractivity contribution in [1.29, 1.82) is 5.26 Å². The fraction of sp³-hybridized carbons (Fsp3) is 0.500. The molecule has 0 aliphatic rings. The van der Waals surface area contributed by atoms with Crippen LogP contribution in [0.3, 0.4) is 0 Å². The second-order valence-corrected chi connectivity index (χ2v) is 3.94. The summed E-state index contributed by atoms with van der Waals surface area (Å²) in [7, 11) is 0. The highest BCUT2D eigenvalue weighted by atomic mass is 16.5. The van der Waals surface area contributed by atoms with Gasteiger partial charge in [0.2, 0.25) is 0 Å². The zero-order valence-electron chi connectivity index (χ0n) is 11.2. The molecule has 1 aromatic carbocycles. The predicted octanol–water partition coefficient (Wildman–Crippen LogP) is 3.20. The largest absolute Gasteiger partial charge is 0.490 e. The third kappa shape index (κ3) is 4.17. The van der Waals surface area contributed by atoms with Crippen molar-refractivity contribution in [1.82, 2.24) is 0 Å². The van der Waals surface area contributed by atoms with Crippen molar-refractivity contribution in [2.45, 2.75) is 33.2 Å². The number of benzene rings is 1. The molecule has 0 heterocycles. The van der Waals surface area contributed by atoms with E-state index in [1.54, 1.807) is 0 Å². The van der Waals surface area contributed by atoms with E-state index in [1.165, 1.54) is 0 Å². The summed E-state index contributed by atoms with van der Waals surface area (Å²) in [5.41, 5.74) is 0.935. The van der Waals surface area contributed by atoms with E-state index < -0.39 is 0 Å². The Labute approximate surface area is 109 Å². The average Bonchev–Trinajstić information content (AvgIpc) is 2.33. The first-order valence-electron chi connectivity index (χ1n) is 6.24. The van der Waals surface area contributed by atoms with Gasteiger partial charge in [0.05, 0.1) is 25.7 Å². The molecule has 0 aliphatic heterocycles. The van der Waals surface area contributed by atoms with Gasteiger partial charge < -0.3 is 14.8 Å². The van der Waals surface area contributed by atoms with Crippen LogP contribution in [0.25, 0.3) is 0 Å². The van der Waals surface area contributed by atoms with Crippen LogP contribution in [0.1, 0.15) is 27.2 Å². The summed E-state index contributed by atoms with van der Waals surface area (Å²) >= 11 is 0. The van der Waals surface area contributed by atoms with Gasteiger partial charge in [-0.25, -0.2) is 0 Å². The number of ether oxygens (including phenoxy) is 2. The molecule has 0 spiro atoms. The van der Waals surface area contributed by atoms with Crippen LogP contribution < -0.4 is 14.8 Å². The van der Waals surface area contributed by atoms with Crippen LogP contribution in [-0.4, -0.2) is 19.3 Å². The maximum atomic E-state index is 8.63. The van der Waals surface area contributed by atoms with E-state index >= 15 is 0 Å². The third-order valence-corrected chi connectivity index (χ3v) is 2.35. The molecule has 0 saturated heterocycles.